The van der Waals surface area contributed by atoms with E-state index in [1.54, 1.807) is 12.1 Å². The van der Waals surface area contributed by atoms with Crippen LogP contribution in [0.1, 0.15) is 33.6 Å². The fourth-order valence-electron chi connectivity index (χ4n) is 3.96. The Morgan fingerprint density at radius 3 is 2.39 bits per heavy atom. The summed E-state index contributed by atoms with van der Waals surface area (Å²) in [7, 11) is 0. The molecule has 0 radical (unpaired) electrons. The number of fused-ring (bicyclic) bond motifs is 2. The Hall–Kier alpha value is -1.18. The Balaban J connectivity index is 1.70. The van der Waals surface area contributed by atoms with Crippen molar-refractivity contribution < 1.29 is 9.84 Å². The standard InChI is InChI=1S/C16H22O2/c1-10-14-8-11(16(14,2)3)9-15(10)18-13-6-4-12(17)5-7-13/h4-7,10-11,14-15,17H,8-9H2,1-3H3/t10-,11-,14+,15-/m1/s1. The summed E-state index contributed by atoms with van der Waals surface area (Å²) in [6.45, 7) is 7.13. The lowest BCUT2D eigenvalue weighted by Gasteiger charge is -2.61. The average Bonchev–Trinajstić information content (AvgIpc) is 2.33. The Kier molecular flexibility index (Phi) is 2.58. The van der Waals surface area contributed by atoms with Crippen LogP contribution >= 0.6 is 0 Å². The molecule has 0 heterocycles. The first-order valence-corrected chi connectivity index (χ1v) is 6.94. The van der Waals surface area contributed by atoms with Gasteiger partial charge in [0.15, 0.2) is 0 Å². The van der Waals surface area contributed by atoms with E-state index in [4.69, 9.17) is 4.74 Å². The number of hydrogen-bond donors (Lipinski definition) is 1. The lowest BCUT2D eigenvalue weighted by Crippen LogP contribution is -2.57. The predicted molar refractivity (Wildman–Crippen MR) is 71.7 cm³/mol. The number of rotatable bonds is 2. The normalized spacial score (nSPS) is 36.8. The molecule has 0 aliphatic heterocycles. The number of phenolic OH excluding ortho intramolecular Hbond substituents is 1. The molecule has 18 heavy (non-hydrogen) atoms. The van der Waals surface area contributed by atoms with Crippen LogP contribution in [-0.4, -0.2) is 11.2 Å². The summed E-state index contributed by atoms with van der Waals surface area (Å²) in [4.78, 5) is 0. The molecular formula is C16H22O2. The zero-order valence-corrected chi connectivity index (χ0v) is 11.4. The van der Waals surface area contributed by atoms with Gasteiger partial charge in [-0.25, -0.2) is 0 Å². The highest BCUT2D eigenvalue weighted by Gasteiger charge is 2.56. The van der Waals surface area contributed by atoms with E-state index in [0.29, 0.717) is 23.2 Å². The molecule has 98 valence electrons. The van der Waals surface area contributed by atoms with E-state index >= 15 is 0 Å². The zero-order valence-electron chi connectivity index (χ0n) is 11.4. The summed E-state index contributed by atoms with van der Waals surface area (Å²) in [5.41, 5.74) is 0.508. The van der Waals surface area contributed by atoms with Crippen molar-refractivity contribution in [3.05, 3.63) is 24.3 Å². The molecule has 1 aromatic carbocycles. The van der Waals surface area contributed by atoms with Gasteiger partial charge in [-0.3, -0.25) is 0 Å². The molecule has 3 fully saturated rings. The second kappa shape index (κ2) is 3.91. The van der Waals surface area contributed by atoms with Crippen LogP contribution in [0.3, 0.4) is 0 Å². The van der Waals surface area contributed by atoms with Crippen molar-refractivity contribution in [3.63, 3.8) is 0 Å². The largest absolute Gasteiger partial charge is 0.508 e. The van der Waals surface area contributed by atoms with Gasteiger partial charge >= 0.3 is 0 Å². The molecule has 0 spiro atoms. The van der Waals surface area contributed by atoms with Crippen molar-refractivity contribution in [2.45, 2.75) is 39.7 Å². The van der Waals surface area contributed by atoms with Gasteiger partial charge in [-0.15, -0.1) is 0 Å². The monoisotopic (exact) mass is 246 g/mol. The molecule has 0 unspecified atom stereocenters. The highest BCUT2D eigenvalue weighted by molar-refractivity contribution is 5.30. The van der Waals surface area contributed by atoms with E-state index in [-0.39, 0.29) is 0 Å². The van der Waals surface area contributed by atoms with Crippen LogP contribution in [0.15, 0.2) is 24.3 Å². The second-order valence-electron chi connectivity index (χ2n) is 6.61. The number of ether oxygens (including phenoxy) is 1. The summed E-state index contributed by atoms with van der Waals surface area (Å²) in [6, 6.07) is 7.09. The van der Waals surface area contributed by atoms with Gasteiger partial charge in [-0.1, -0.05) is 20.8 Å². The fourth-order valence-corrected chi connectivity index (χ4v) is 3.96. The summed E-state index contributed by atoms with van der Waals surface area (Å²) >= 11 is 0. The van der Waals surface area contributed by atoms with Gasteiger partial charge in [-0.2, -0.15) is 0 Å². The molecule has 3 aliphatic rings. The molecule has 1 aromatic rings. The van der Waals surface area contributed by atoms with Crippen molar-refractivity contribution in [2.75, 3.05) is 0 Å². The smallest absolute Gasteiger partial charge is 0.120 e. The quantitative estimate of drug-likeness (QED) is 0.859. The average molecular weight is 246 g/mol. The number of benzene rings is 1. The van der Waals surface area contributed by atoms with Crippen LogP contribution in [0.2, 0.25) is 0 Å². The van der Waals surface area contributed by atoms with E-state index < -0.39 is 0 Å². The minimum absolute atomic E-state index is 0.294. The predicted octanol–water partition coefficient (Wildman–Crippen LogP) is 3.84. The summed E-state index contributed by atoms with van der Waals surface area (Å²) in [5, 5.41) is 9.28. The first kappa shape index (κ1) is 11.9. The van der Waals surface area contributed by atoms with Gasteiger partial charge in [0.05, 0.1) is 0 Å². The van der Waals surface area contributed by atoms with E-state index in [1.807, 2.05) is 12.1 Å². The fraction of sp³-hybridized carbons (Fsp3) is 0.625. The van der Waals surface area contributed by atoms with Crippen LogP contribution in [0.4, 0.5) is 0 Å². The van der Waals surface area contributed by atoms with Crippen LogP contribution in [0.25, 0.3) is 0 Å². The molecule has 2 nitrogen and oxygen atoms in total. The van der Waals surface area contributed by atoms with E-state index in [9.17, 15) is 5.11 Å². The van der Waals surface area contributed by atoms with Crippen molar-refractivity contribution in [3.8, 4) is 11.5 Å². The molecule has 3 saturated carbocycles. The molecular weight excluding hydrogens is 224 g/mol. The van der Waals surface area contributed by atoms with Crippen molar-refractivity contribution in [1.82, 2.24) is 0 Å². The number of hydrogen-bond acceptors (Lipinski definition) is 2. The molecule has 4 atom stereocenters. The molecule has 4 rings (SSSR count). The van der Waals surface area contributed by atoms with Crippen molar-refractivity contribution in [2.24, 2.45) is 23.2 Å². The Morgan fingerprint density at radius 2 is 1.83 bits per heavy atom. The van der Waals surface area contributed by atoms with Gasteiger partial charge in [0.2, 0.25) is 0 Å². The van der Waals surface area contributed by atoms with Gasteiger partial charge in [0.25, 0.3) is 0 Å². The van der Waals surface area contributed by atoms with Crippen LogP contribution in [-0.2, 0) is 0 Å². The third-order valence-corrected chi connectivity index (χ3v) is 5.41. The minimum atomic E-state index is 0.294. The van der Waals surface area contributed by atoms with Gasteiger partial charge < -0.3 is 9.84 Å². The highest BCUT2D eigenvalue weighted by Crippen LogP contribution is 2.61. The van der Waals surface area contributed by atoms with Gasteiger partial charge in [-0.05, 0) is 60.3 Å². The van der Waals surface area contributed by atoms with E-state index in [2.05, 4.69) is 20.8 Å². The Labute approximate surface area is 109 Å². The maximum Gasteiger partial charge on any atom is 0.120 e. The SMILES string of the molecule is C[C@H]1[C@H](Oc2ccc(O)cc2)C[C@H]2C[C@@H]1C2(C)C. The molecule has 2 heteroatoms. The number of phenols is 1. The summed E-state index contributed by atoms with van der Waals surface area (Å²) in [5.74, 6) is 3.42. The summed E-state index contributed by atoms with van der Waals surface area (Å²) < 4.78 is 6.11. The maximum atomic E-state index is 9.28. The van der Waals surface area contributed by atoms with Crippen LogP contribution < -0.4 is 4.74 Å². The molecule has 3 aliphatic carbocycles. The highest BCUT2D eigenvalue weighted by atomic mass is 16.5. The Bertz CT molecular complexity index is 435. The third-order valence-electron chi connectivity index (χ3n) is 5.41. The maximum absolute atomic E-state index is 9.28. The first-order chi connectivity index (χ1) is 8.48. The first-order valence-electron chi connectivity index (χ1n) is 6.94. The lowest BCUT2D eigenvalue weighted by atomic mass is 9.45. The topological polar surface area (TPSA) is 29.5 Å². The molecule has 0 saturated heterocycles. The minimum Gasteiger partial charge on any atom is -0.508 e. The number of aromatic hydroxyl groups is 1. The Morgan fingerprint density at radius 1 is 1.17 bits per heavy atom. The molecule has 2 bridgehead atoms. The lowest BCUT2D eigenvalue weighted by molar-refractivity contribution is -0.147. The van der Waals surface area contributed by atoms with E-state index in [1.165, 1.54) is 12.8 Å². The molecule has 0 aromatic heterocycles. The zero-order chi connectivity index (χ0) is 12.9. The van der Waals surface area contributed by atoms with Crippen LogP contribution in [0, 0.1) is 23.2 Å². The molecule has 1 N–H and O–H groups in total. The van der Waals surface area contributed by atoms with Crippen molar-refractivity contribution >= 4 is 0 Å². The van der Waals surface area contributed by atoms with E-state index in [0.717, 1.165) is 17.6 Å². The van der Waals surface area contributed by atoms with Crippen molar-refractivity contribution in [1.29, 1.82) is 0 Å². The van der Waals surface area contributed by atoms with Crippen LogP contribution in [0.5, 0.6) is 11.5 Å². The second-order valence-corrected chi connectivity index (χ2v) is 6.61. The van der Waals surface area contributed by atoms with Gasteiger partial charge in [0, 0.05) is 0 Å². The third kappa shape index (κ3) is 1.70. The molecule has 0 amide bonds. The summed E-state index contributed by atoms with van der Waals surface area (Å²) in [6.07, 6.45) is 2.89. The van der Waals surface area contributed by atoms with Gasteiger partial charge in [0.1, 0.15) is 17.6 Å².